The van der Waals surface area contributed by atoms with Crippen LogP contribution >= 0.6 is 11.8 Å². The molecule has 4 saturated heterocycles. The van der Waals surface area contributed by atoms with E-state index >= 15 is 0 Å². The van der Waals surface area contributed by atoms with Crippen LogP contribution in [0.15, 0.2) is 122 Å². The molecule has 8 unspecified atom stereocenters. The minimum Gasteiger partial charge on any atom is -0.459 e. The van der Waals surface area contributed by atoms with Crippen LogP contribution in [0.2, 0.25) is 0 Å². The molecule has 556 valence electrons. The fourth-order valence-electron chi connectivity index (χ4n) is 12.0. The van der Waals surface area contributed by atoms with Crippen molar-refractivity contribution < 1.29 is 119 Å². The van der Waals surface area contributed by atoms with Crippen molar-refractivity contribution in [2.24, 2.45) is 30.7 Å². The van der Waals surface area contributed by atoms with Crippen LogP contribution in [-0.2, 0) is 105 Å². The Kier molecular flexibility index (Phi) is 29.1. The summed E-state index contributed by atoms with van der Waals surface area (Å²) in [5.41, 5.74) is 58.1. The highest BCUT2D eigenvalue weighted by Gasteiger charge is 2.60. The largest absolute Gasteiger partial charge is 0.459 e. The third-order valence-corrected chi connectivity index (χ3v) is 17.3. The van der Waals surface area contributed by atoms with Crippen molar-refractivity contribution in [2.45, 2.75) is 188 Å². The first-order valence-corrected chi connectivity index (χ1v) is 32.7. The number of azide groups is 6. The number of carbonyl (C=O) groups is 9. The number of hydrogen-bond donors (Lipinski definition) is 0. The highest BCUT2D eigenvalue weighted by Crippen LogP contribution is 2.43. The first-order chi connectivity index (χ1) is 50.5. The number of nitrogens with zero attached hydrogens (tertiary/aromatic N) is 18. The molecule has 105 heavy (non-hydrogen) atoms. The summed E-state index contributed by atoms with van der Waals surface area (Å²) in [7, 11) is 0. The monoisotopic (exact) mass is 1480 g/mol. The van der Waals surface area contributed by atoms with E-state index in [4.69, 9.17) is 75.8 Å². The molecular formula is C61H66N18O25S. The molecule has 4 aliphatic heterocycles. The van der Waals surface area contributed by atoms with E-state index in [9.17, 15) is 76.3 Å². The first kappa shape index (κ1) is 79.5. The maximum atomic E-state index is 14.3. The van der Waals surface area contributed by atoms with Gasteiger partial charge < -0.3 is 75.8 Å². The molecule has 0 aromatic heterocycles. The number of hydrogen-bond acceptors (Lipinski definition) is 32. The first-order valence-electron chi connectivity index (χ1n) is 31.7. The van der Waals surface area contributed by atoms with Gasteiger partial charge in [-0.15, -0.1) is 11.8 Å². The maximum absolute atomic E-state index is 14.3. The fraction of sp³-hybridized carbons (Fsp3) is 0.557. The Morgan fingerprint density at radius 1 is 0.381 bits per heavy atom. The lowest BCUT2D eigenvalue weighted by molar-refractivity contribution is -0.309. The number of esters is 9. The Hall–Kier alpha value is -11.2. The van der Waals surface area contributed by atoms with Gasteiger partial charge in [-0.3, -0.25) is 28.8 Å². The minimum atomic E-state index is -2.20. The predicted molar refractivity (Wildman–Crippen MR) is 347 cm³/mol. The van der Waals surface area contributed by atoms with E-state index in [1.165, 1.54) is 48.5 Å². The minimum absolute atomic E-state index is 0.00293. The van der Waals surface area contributed by atoms with Gasteiger partial charge in [-0.05, 0) is 76.0 Å². The lowest BCUT2D eigenvalue weighted by atomic mass is 9.83. The van der Waals surface area contributed by atoms with E-state index in [0.29, 0.717) is 0 Å². The van der Waals surface area contributed by atoms with Crippen LogP contribution in [0, 0.1) is 0 Å². The van der Waals surface area contributed by atoms with Crippen molar-refractivity contribution in [3.05, 3.63) is 170 Å². The molecule has 1 aliphatic carbocycles. The van der Waals surface area contributed by atoms with Crippen molar-refractivity contribution in [1.29, 1.82) is 0 Å². The number of carbonyl (C=O) groups excluding carboxylic acids is 9. The zero-order valence-electron chi connectivity index (χ0n) is 56.1. The van der Waals surface area contributed by atoms with Crippen molar-refractivity contribution >= 4 is 65.5 Å². The van der Waals surface area contributed by atoms with Gasteiger partial charge in [-0.25, -0.2) is 14.4 Å². The van der Waals surface area contributed by atoms with E-state index in [0.717, 1.165) is 53.3 Å². The summed E-state index contributed by atoms with van der Waals surface area (Å²) in [6, 6.07) is 15.7. The average molecular weight is 1480 g/mol. The lowest BCUT2D eigenvalue weighted by Gasteiger charge is -2.48. The summed E-state index contributed by atoms with van der Waals surface area (Å²) in [6.45, 7) is 3.60. The van der Waals surface area contributed by atoms with E-state index in [1.54, 1.807) is 42.5 Å². The molecule has 1 saturated carbocycles. The quantitative estimate of drug-likeness (QED) is 0.0206. The van der Waals surface area contributed by atoms with Crippen LogP contribution in [0.1, 0.15) is 79.0 Å². The molecule has 8 rings (SSSR count). The van der Waals surface area contributed by atoms with Crippen molar-refractivity contribution in [1.82, 2.24) is 0 Å². The molecule has 5 aliphatic rings. The summed E-state index contributed by atoms with van der Waals surface area (Å²) < 4.78 is 98.3. The second kappa shape index (κ2) is 38.4. The van der Waals surface area contributed by atoms with Crippen LogP contribution in [-0.4, -0.2) is 219 Å². The summed E-state index contributed by atoms with van der Waals surface area (Å²) in [5, 5.41) is 22.4. The molecule has 3 aromatic rings. The number of benzene rings is 3. The highest BCUT2D eigenvalue weighted by molar-refractivity contribution is 7.99. The van der Waals surface area contributed by atoms with Gasteiger partial charge in [0.2, 0.25) is 0 Å². The summed E-state index contributed by atoms with van der Waals surface area (Å²) in [5.74, 6) is -9.67. The van der Waals surface area contributed by atoms with Crippen LogP contribution in [0.5, 0.6) is 0 Å². The molecule has 0 bridgehead atoms. The second-order valence-electron chi connectivity index (χ2n) is 23.2. The molecule has 0 radical (unpaired) electrons. The Bertz CT molecular complexity index is 3940. The standard InChI is InChI=1S/C61H66N18O25S/c1-27(80)90-44-36(70-76-64)22-37(71-77-65)45(102-58-42(72-78-66)50(93-30(4)83)46(91-28(2)81)38(96-58)23-68-74-62)52(44)104-60-53(95-32(6)85)49(103-59-43(73-79-67)51(94-31(5)84)47(92-29(3)82)39(97-59)24-69-75-63)41(98-60)26-105-61-54(101-57(88)35-20-14-9-15-21-35)48(100-56(87)34-18-12-8-13-19-34)40(99-61)25-89-55(86)33-16-10-7-11-17-33/h7-21,36-54,58-61H,22-26H2,1-6H3/t36-,37?,38?,39+,40-,41-,42?,43?,44?,45+,46+,47-,48+,49+,50-,51?,52-,53?,54?,58+,59-,60+,61+/m1/s1. The van der Waals surface area contributed by atoms with Crippen LogP contribution < -0.4 is 0 Å². The second-order valence-corrected chi connectivity index (χ2v) is 24.3. The smallest absolute Gasteiger partial charge is 0.338 e. The maximum Gasteiger partial charge on any atom is 0.338 e. The van der Waals surface area contributed by atoms with Crippen molar-refractivity contribution in [3.8, 4) is 0 Å². The molecule has 43 nitrogen and oxygen atoms in total. The predicted octanol–water partition coefficient (Wildman–Crippen LogP) is 7.41. The Morgan fingerprint density at radius 3 is 1.19 bits per heavy atom. The van der Waals surface area contributed by atoms with Gasteiger partial charge in [-0.1, -0.05) is 85.3 Å². The molecule has 3 aromatic carbocycles. The molecule has 4 heterocycles. The van der Waals surface area contributed by atoms with Crippen LogP contribution in [0.3, 0.4) is 0 Å². The van der Waals surface area contributed by atoms with Crippen LogP contribution in [0.25, 0.3) is 62.7 Å². The number of ether oxygens (including phenoxy) is 16. The topological polar surface area (TPSA) is 594 Å². The highest BCUT2D eigenvalue weighted by atomic mass is 32.2. The van der Waals surface area contributed by atoms with Gasteiger partial charge >= 0.3 is 53.7 Å². The van der Waals surface area contributed by atoms with E-state index in [-0.39, 0.29) is 16.7 Å². The molecular weight excluding hydrogens is 1420 g/mol. The molecule has 44 heteroatoms. The van der Waals surface area contributed by atoms with Gasteiger partial charge in [0, 0.05) is 76.8 Å². The van der Waals surface area contributed by atoms with Gasteiger partial charge in [0.05, 0.1) is 48.0 Å². The van der Waals surface area contributed by atoms with Gasteiger partial charge in [0.25, 0.3) is 0 Å². The van der Waals surface area contributed by atoms with E-state index < -0.39 is 226 Å². The SMILES string of the molecule is CC(=O)OC1[C@H](O[C@@H]2C(OC(C)=O)[C@H](N=[N+]=[N-])CC(N=[N+]=[N-])[C@@H]2O[C@@H]2OC(CN=[N+]=[N-])[C@H](OC(C)=O)[C@H](OC(C)=O)C2N=[N+]=[N-])O[C@H](CS[C@@H]2O[C@H](COC(=O)c3ccccc3)[C@H](OC(=O)c3ccccc3)C2OC(=O)c2ccccc2)[C@@H]1O[C@H]1O[C@@H](CN=[N+]=[N-])[C@@H](OC(C)=O)C(OC(C)=O)C1N=[N+]=[N-]. The van der Waals surface area contributed by atoms with Gasteiger partial charge in [0.1, 0.15) is 66.9 Å². The zero-order valence-corrected chi connectivity index (χ0v) is 57.0. The normalized spacial score (nSPS) is 30.7. The average Bonchev–Trinajstić information content (AvgIpc) is 1.62. The molecule has 23 atom stereocenters. The third kappa shape index (κ3) is 21.0. The summed E-state index contributed by atoms with van der Waals surface area (Å²) in [6.07, 6.45) is -33.9. The third-order valence-electron chi connectivity index (χ3n) is 16.1. The van der Waals surface area contributed by atoms with Crippen molar-refractivity contribution in [2.75, 3.05) is 25.4 Å². The Balaban J connectivity index is 1.30. The molecule has 0 amide bonds. The lowest BCUT2D eigenvalue weighted by Crippen LogP contribution is -2.65. The van der Waals surface area contributed by atoms with E-state index in [1.807, 2.05) is 0 Å². The number of rotatable bonds is 30. The Labute approximate surface area is 596 Å². The van der Waals surface area contributed by atoms with Gasteiger partial charge in [-0.2, -0.15) is 0 Å². The van der Waals surface area contributed by atoms with Gasteiger partial charge in [0.15, 0.2) is 61.6 Å². The molecule has 0 N–H and O–H groups in total. The van der Waals surface area contributed by atoms with Crippen LogP contribution in [0.4, 0.5) is 0 Å². The van der Waals surface area contributed by atoms with E-state index in [2.05, 4.69) is 60.2 Å². The fourth-order valence-corrected chi connectivity index (χ4v) is 13.3. The molecule has 0 spiro atoms. The summed E-state index contributed by atoms with van der Waals surface area (Å²) in [4.78, 5) is 138. The zero-order chi connectivity index (χ0) is 75.9. The number of thioether (sulfide) groups is 1. The Morgan fingerprint density at radius 2 is 0.752 bits per heavy atom. The molecule has 5 fully saturated rings. The summed E-state index contributed by atoms with van der Waals surface area (Å²) >= 11 is 0.732. The van der Waals surface area contributed by atoms with Crippen molar-refractivity contribution in [3.63, 3.8) is 0 Å².